The first-order valence-electron chi connectivity index (χ1n) is 11.2. The summed E-state index contributed by atoms with van der Waals surface area (Å²) in [7, 11) is 0. The summed E-state index contributed by atoms with van der Waals surface area (Å²) in [6.07, 6.45) is 10.5. The molecule has 1 saturated heterocycles. The molecule has 1 aromatic rings. The van der Waals surface area contributed by atoms with E-state index in [4.69, 9.17) is 9.84 Å². The number of thioether (sulfide) groups is 1. The number of ether oxygens (including phenoxy) is 1. The Morgan fingerprint density at radius 3 is 2.41 bits per heavy atom. The van der Waals surface area contributed by atoms with Gasteiger partial charge in [-0.15, -0.1) is 11.8 Å². The quantitative estimate of drug-likeness (QED) is 0.643. The maximum Gasteiger partial charge on any atom is 0.274 e. The third-order valence-electron chi connectivity index (χ3n) is 5.87. The summed E-state index contributed by atoms with van der Waals surface area (Å²) in [5.74, 6) is 0.897. The Balaban J connectivity index is 0.00000117. The molecule has 0 N–H and O–H groups in total. The van der Waals surface area contributed by atoms with Crippen LogP contribution in [0.15, 0.2) is 17.1 Å². The van der Waals surface area contributed by atoms with Crippen molar-refractivity contribution in [1.29, 1.82) is 0 Å². The van der Waals surface area contributed by atoms with Gasteiger partial charge < -0.3 is 9.64 Å². The Morgan fingerprint density at radius 1 is 1.10 bits per heavy atom. The van der Waals surface area contributed by atoms with E-state index in [0.29, 0.717) is 38.0 Å². The molecule has 160 valence electrons. The molecule has 2 fully saturated rings. The summed E-state index contributed by atoms with van der Waals surface area (Å²) in [6.45, 7) is 10.7. The minimum atomic E-state index is 0.0732. The molecule has 0 bridgehead atoms. The van der Waals surface area contributed by atoms with Gasteiger partial charge in [0.05, 0.1) is 24.9 Å². The van der Waals surface area contributed by atoms with Gasteiger partial charge in [-0.2, -0.15) is 5.10 Å². The molecule has 0 aromatic carbocycles. The first-order chi connectivity index (χ1) is 14.2. The first-order valence-corrected chi connectivity index (χ1v) is 12.2. The van der Waals surface area contributed by atoms with Crippen molar-refractivity contribution in [3.05, 3.63) is 34.0 Å². The maximum absolute atomic E-state index is 13.3. The summed E-state index contributed by atoms with van der Waals surface area (Å²) >= 11 is 1.82. The van der Waals surface area contributed by atoms with E-state index in [2.05, 4.69) is 30.7 Å². The highest BCUT2D eigenvalue weighted by atomic mass is 32.2. The number of hydrogen-bond donors (Lipinski definition) is 0. The Bertz CT molecular complexity index is 769. The molecule has 1 aromatic heterocycles. The van der Waals surface area contributed by atoms with Gasteiger partial charge in [0.2, 0.25) is 0 Å². The number of fused-ring (bicyclic) bond motifs is 1. The van der Waals surface area contributed by atoms with Crippen molar-refractivity contribution in [2.75, 3.05) is 26.3 Å². The lowest BCUT2D eigenvalue weighted by atomic mass is 9.94. The van der Waals surface area contributed by atoms with Crippen LogP contribution in [-0.4, -0.2) is 46.9 Å². The fraction of sp³-hybridized carbons (Fsp3) is 0.652. The van der Waals surface area contributed by atoms with Crippen molar-refractivity contribution in [2.24, 2.45) is 0 Å². The molecule has 3 aliphatic rings. The third kappa shape index (κ3) is 4.48. The summed E-state index contributed by atoms with van der Waals surface area (Å²) in [5, 5.41) is 4.96. The van der Waals surface area contributed by atoms with Crippen molar-refractivity contribution in [1.82, 2.24) is 14.7 Å². The fourth-order valence-electron chi connectivity index (χ4n) is 4.43. The molecule has 0 radical (unpaired) electrons. The molecule has 1 amide bonds. The second-order valence-electron chi connectivity index (χ2n) is 7.46. The van der Waals surface area contributed by atoms with Crippen LogP contribution in [0, 0.1) is 0 Å². The van der Waals surface area contributed by atoms with Crippen molar-refractivity contribution in [3.63, 3.8) is 0 Å². The van der Waals surface area contributed by atoms with Gasteiger partial charge in [-0.05, 0) is 26.7 Å². The van der Waals surface area contributed by atoms with Gasteiger partial charge in [0.15, 0.2) is 5.69 Å². The van der Waals surface area contributed by atoms with E-state index in [1.165, 1.54) is 35.4 Å². The molecule has 5 nitrogen and oxygen atoms in total. The number of allylic oxidation sites excluding steroid dienone is 3. The van der Waals surface area contributed by atoms with Crippen LogP contribution in [0.25, 0.3) is 5.57 Å². The van der Waals surface area contributed by atoms with E-state index in [0.717, 1.165) is 24.2 Å². The predicted molar refractivity (Wildman–Crippen MR) is 121 cm³/mol. The van der Waals surface area contributed by atoms with E-state index in [-0.39, 0.29) is 5.91 Å². The van der Waals surface area contributed by atoms with Crippen LogP contribution < -0.4 is 0 Å². The van der Waals surface area contributed by atoms with Crippen molar-refractivity contribution in [3.8, 4) is 0 Å². The van der Waals surface area contributed by atoms with Crippen LogP contribution in [0.3, 0.4) is 0 Å². The van der Waals surface area contributed by atoms with E-state index in [9.17, 15) is 4.79 Å². The molecule has 2 aliphatic heterocycles. The van der Waals surface area contributed by atoms with Crippen LogP contribution >= 0.6 is 11.8 Å². The lowest BCUT2D eigenvalue weighted by Crippen LogP contribution is -2.41. The average molecular weight is 418 g/mol. The van der Waals surface area contributed by atoms with Gasteiger partial charge in [-0.1, -0.05) is 45.3 Å². The Labute approximate surface area is 179 Å². The van der Waals surface area contributed by atoms with E-state index >= 15 is 0 Å². The van der Waals surface area contributed by atoms with Gasteiger partial charge in [-0.3, -0.25) is 9.48 Å². The lowest BCUT2D eigenvalue weighted by Gasteiger charge is -2.27. The van der Waals surface area contributed by atoms with Crippen molar-refractivity contribution >= 4 is 23.2 Å². The van der Waals surface area contributed by atoms with Gasteiger partial charge in [0, 0.05) is 34.9 Å². The number of carbonyl (C=O) groups is 1. The summed E-state index contributed by atoms with van der Waals surface area (Å²) in [5.41, 5.74) is 4.22. The third-order valence-corrected chi connectivity index (χ3v) is 7.07. The number of nitrogens with zero attached hydrogens (tertiary/aromatic N) is 3. The monoisotopic (exact) mass is 417 g/mol. The Hall–Kier alpha value is -1.53. The minimum Gasteiger partial charge on any atom is -0.378 e. The number of aromatic nitrogens is 2. The van der Waals surface area contributed by atoms with Crippen molar-refractivity contribution in [2.45, 2.75) is 71.6 Å². The number of morpholine rings is 1. The first kappa shape index (κ1) is 22.2. The van der Waals surface area contributed by atoms with Crippen LogP contribution in [-0.2, 0) is 10.5 Å². The number of amides is 1. The van der Waals surface area contributed by atoms with Gasteiger partial charge >= 0.3 is 0 Å². The molecular formula is C23H35N3O2S. The highest BCUT2D eigenvalue weighted by molar-refractivity contribution is 8.03. The Morgan fingerprint density at radius 2 is 1.79 bits per heavy atom. The second-order valence-corrected chi connectivity index (χ2v) is 8.48. The SMILES string of the molecule is C/C=C1\C(=C/C)SCc2c(C(=O)N3CCOCC3)nn(C3CCCCC3)c21.CC. The molecule has 0 spiro atoms. The zero-order chi connectivity index (χ0) is 20.8. The summed E-state index contributed by atoms with van der Waals surface area (Å²) < 4.78 is 7.63. The van der Waals surface area contributed by atoms with Crippen LogP contribution in [0.2, 0.25) is 0 Å². The number of rotatable bonds is 2. The zero-order valence-corrected chi connectivity index (χ0v) is 19.2. The molecule has 1 aliphatic carbocycles. The van der Waals surface area contributed by atoms with E-state index in [1.54, 1.807) is 0 Å². The smallest absolute Gasteiger partial charge is 0.274 e. The summed E-state index contributed by atoms with van der Waals surface area (Å²) in [4.78, 5) is 16.5. The number of carbonyl (C=O) groups excluding carboxylic acids is 1. The van der Waals surface area contributed by atoms with Crippen LogP contribution in [0.1, 0.15) is 87.6 Å². The largest absolute Gasteiger partial charge is 0.378 e. The zero-order valence-electron chi connectivity index (χ0n) is 18.4. The molecule has 0 atom stereocenters. The molecule has 4 rings (SSSR count). The molecule has 0 unspecified atom stereocenters. The maximum atomic E-state index is 13.3. The number of hydrogen-bond acceptors (Lipinski definition) is 4. The lowest BCUT2D eigenvalue weighted by molar-refractivity contribution is 0.0297. The van der Waals surface area contributed by atoms with Crippen LogP contribution in [0.4, 0.5) is 0 Å². The predicted octanol–water partition coefficient (Wildman–Crippen LogP) is 5.44. The minimum absolute atomic E-state index is 0.0732. The molecule has 29 heavy (non-hydrogen) atoms. The average Bonchev–Trinajstić information content (AvgIpc) is 3.20. The molecule has 3 heterocycles. The topological polar surface area (TPSA) is 47.4 Å². The fourth-order valence-corrected chi connectivity index (χ4v) is 5.54. The highest BCUT2D eigenvalue weighted by Crippen LogP contribution is 2.45. The second kappa shape index (κ2) is 10.5. The normalized spacial score (nSPS) is 23.0. The summed E-state index contributed by atoms with van der Waals surface area (Å²) in [6, 6.07) is 0.412. The van der Waals surface area contributed by atoms with Crippen molar-refractivity contribution < 1.29 is 9.53 Å². The Kier molecular flexibility index (Phi) is 8.01. The van der Waals surface area contributed by atoms with E-state index in [1.807, 2.05) is 30.5 Å². The van der Waals surface area contributed by atoms with Gasteiger partial charge in [0.25, 0.3) is 5.91 Å². The molecule has 1 saturated carbocycles. The van der Waals surface area contributed by atoms with E-state index < -0.39 is 0 Å². The van der Waals surface area contributed by atoms with Gasteiger partial charge in [-0.25, -0.2) is 0 Å². The van der Waals surface area contributed by atoms with Crippen LogP contribution in [0.5, 0.6) is 0 Å². The van der Waals surface area contributed by atoms with Gasteiger partial charge in [0.1, 0.15) is 0 Å². The highest BCUT2D eigenvalue weighted by Gasteiger charge is 2.34. The standard InChI is InChI=1S/C21H29N3O2S.C2H6/c1-3-16-18(4-2)27-14-17-19(21(25)23-10-12-26-13-11-23)22-24(20(16)17)15-8-6-5-7-9-15;1-2/h3-4,15H,5-14H2,1-2H3;1-2H3/b16-3+,18-4+;. The molecule has 6 heteroatoms. The molecular weight excluding hydrogens is 382 g/mol.